The molecular formula is C16H26N6O3S. The van der Waals surface area contributed by atoms with Crippen LogP contribution in [-0.2, 0) is 16.6 Å². The number of carbonyl (C=O) groups is 1. The number of hydrogen-bond acceptors (Lipinski definition) is 5. The summed E-state index contributed by atoms with van der Waals surface area (Å²) in [6.45, 7) is 2.42. The molecule has 1 atom stereocenters. The Kier molecular flexibility index (Phi) is 4.87. The Morgan fingerprint density at radius 2 is 1.88 bits per heavy atom. The molecule has 2 saturated heterocycles. The third kappa shape index (κ3) is 3.71. The van der Waals surface area contributed by atoms with Crippen molar-refractivity contribution in [2.75, 3.05) is 19.6 Å². The Bertz CT molecular complexity index is 725. The average molecular weight is 382 g/mol. The summed E-state index contributed by atoms with van der Waals surface area (Å²) < 4.78 is 28.0. The van der Waals surface area contributed by atoms with E-state index in [4.69, 9.17) is 0 Å². The van der Waals surface area contributed by atoms with Crippen LogP contribution in [0.1, 0.15) is 38.5 Å². The highest BCUT2D eigenvalue weighted by atomic mass is 32.2. The lowest BCUT2D eigenvalue weighted by atomic mass is 10.1. The van der Waals surface area contributed by atoms with Gasteiger partial charge in [-0.15, -0.1) is 5.10 Å². The first-order valence-corrected chi connectivity index (χ1v) is 10.9. The Morgan fingerprint density at radius 1 is 1.12 bits per heavy atom. The minimum atomic E-state index is -3.10. The first-order chi connectivity index (χ1) is 12.5. The van der Waals surface area contributed by atoms with Crippen molar-refractivity contribution >= 4 is 16.1 Å². The number of amides is 2. The molecule has 9 nitrogen and oxygen atoms in total. The molecule has 0 aromatic carbocycles. The predicted octanol–water partition coefficient (Wildman–Crippen LogP) is 0.409. The molecule has 3 heterocycles. The summed E-state index contributed by atoms with van der Waals surface area (Å²) in [6.07, 6.45) is 8.35. The van der Waals surface area contributed by atoms with Crippen molar-refractivity contribution in [2.45, 2.75) is 62.4 Å². The van der Waals surface area contributed by atoms with Crippen LogP contribution in [0, 0.1) is 0 Å². The van der Waals surface area contributed by atoms with Crippen molar-refractivity contribution in [3.8, 4) is 0 Å². The Labute approximate surface area is 153 Å². The van der Waals surface area contributed by atoms with E-state index in [1.54, 1.807) is 15.2 Å². The number of hydrogen-bond donors (Lipinski definition) is 1. The second-order valence-corrected chi connectivity index (χ2v) is 9.69. The number of piperidine rings is 1. The number of urea groups is 1. The lowest BCUT2D eigenvalue weighted by Crippen LogP contribution is -2.52. The van der Waals surface area contributed by atoms with E-state index in [9.17, 15) is 13.2 Å². The van der Waals surface area contributed by atoms with Crippen LogP contribution in [0.15, 0.2) is 12.4 Å². The van der Waals surface area contributed by atoms with Crippen LogP contribution in [0.25, 0.3) is 0 Å². The Balaban J connectivity index is 1.28. The van der Waals surface area contributed by atoms with Crippen LogP contribution in [0.5, 0.6) is 0 Å². The quantitative estimate of drug-likeness (QED) is 0.795. The van der Waals surface area contributed by atoms with Gasteiger partial charge >= 0.3 is 6.03 Å². The Morgan fingerprint density at radius 3 is 2.54 bits per heavy atom. The van der Waals surface area contributed by atoms with Crippen LogP contribution >= 0.6 is 0 Å². The highest BCUT2D eigenvalue weighted by Gasteiger charge is 2.41. The summed E-state index contributed by atoms with van der Waals surface area (Å²) >= 11 is 0. The van der Waals surface area contributed by atoms with Crippen molar-refractivity contribution in [1.82, 2.24) is 29.5 Å². The molecule has 2 amide bonds. The largest absolute Gasteiger partial charge is 0.335 e. The third-order valence-electron chi connectivity index (χ3n) is 5.59. The third-order valence-corrected chi connectivity index (χ3v) is 7.99. The molecule has 1 aromatic rings. The van der Waals surface area contributed by atoms with Gasteiger partial charge in [-0.25, -0.2) is 17.5 Å². The first kappa shape index (κ1) is 17.7. The van der Waals surface area contributed by atoms with Gasteiger partial charge in [-0.1, -0.05) is 5.21 Å². The van der Waals surface area contributed by atoms with Crippen molar-refractivity contribution in [1.29, 1.82) is 0 Å². The molecule has 26 heavy (non-hydrogen) atoms. The van der Waals surface area contributed by atoms with Crippen molar-refractivity contribution in [3.05, 3.63) is 12.4 Å². The number of rotatable bonds is 5. The SMILES string of the molecule is O=C(NC1CCN(S(=O)(=O)C2CC2)CC1)N1CCC[C@H]1Cn1ccnn1. The van der Waals surface area contributed by atoms with Crippen LogP contribution in [-0.4, -0.2) is 75.6 Å². The van der Waals surface area contributed by atoms with Crippen LogP contribution in [0.2, 0.25) is 0 Å². The highest BCUT2D eigenvalue weighted by Crippen LogP contribution is 2.32. The second-order valence-electron chi connectivity index (χ2n) is 7.48. The number of sulfonamides is 1. The molecule has 1 aromatic heterocycles. The summed E-state index contributed by atoms with van der Waals surface area (Å²) in [5.41, 5.74) is 0. The van der Waals surface area contributed by atoms with E-state index in [-0.39, 0.29) is 23.4 Å². The molecule has 0 bridgehead atoms. The average Bonchev–Trinajstić information content (AvgIpc) is 3.19. The van der Waals surface area contributed by atoms with Gasteiger partial charge in [0.05, 0.1) is 24.0 Å². The van der Waals surface area contributed by atoms with E-state index in [0.717, 1.165) is 32.2 Å². The van der Waals surface area contributed by atoms with Gasteiger partial charge in [0.1, 0.15) is 0 Å². The molecule has 0 unspecified atom stereocenters. The minimum absolute atomic E-state index is 0.0424. The lowest BCUT2D eigenvalue weighted by Gasteiger charge is -2.33. The summed E-state index contributed by atoms with van der Waals surface area (Å²) in [5.74, 6) is 0. The number of likely N-dealkylation sites (tertiary alicyclic amines) is 1. The predicted molar refractivity (Wildman–Crippen MR) is 94.8 cm³/mol. The number of aromatic nitrogens is 3. The van der Waals surface area contributed by atoms with Crippen LogP contribution < -0.4 is 5.32 Å². The first-order valence-electron chi connectivity index (χ1n) is 9.44. The fraction of sp³-hybridized carbons (Fsp3) is 0.812. The summed E-state index contributed by atoms with van der Waals surface area (Å²) in [7, 11) is -3.10. The Hall–Kier alpha value is -1.68. The molecule has 2 aliphatic heterocycles. The van der Waals surface area contributed by atoms with Gasteiger partial charge in [-0.2, -0.15) is 0 Å². The normalized spacial score (nSPS) is 25.5. The van der Waals surface area contributed by atoms with E-state index < -0.39 is 10.0 Å². The molecule has 144 valence electrons. The molecule has 3 aliphatic rings. The highest BCUT2D eigenvalue weighted by molar-refractivity contribution is 7.90. The van der Waals surface area contributed by atoms with Crippen molar-refractivity contribution < 1.29 is 13.2 Å². The zero-order chi connectivity index (χ0) is 18.1. The maximum Gasteiger partial charge on any atom is 0.317 e. The maximum atomic E-state index is 12.7. The zero-order valence-electron chi connectivity index (χ0n) is 14.8. The fourth-order valence-corrected chi connectivity index (χ4v) is 5.80. The van der Waals surface area contributed by atoms with Gasteiger partial charge < -0.3 is 10.2 Å². The van der Waals surface area contributed by atoms with E-state index in [1.165, 1.54) is 0 Å². The topological polar surface area (TPSA) is 100 Å². The zero-order valence-corrected chi connectivity index (χ0v) is 15.6. The van der Waals surface area contributed by atoms with Crippen molar-refractivity contribution in [2.24, 2.45) is 0 Å². The molecule has 0 radical (unpaired) electrons. The number of nitrogens with one attached hydrogen (secondary N) is 1. The van der Waals surface area contributed by atoms with E-state index >= 15 is 0 Å². The van der Waals surface area contributed by atoms with E-state index in [2.05, 4.69) is 15.6 Å². The minimum Gasteiger partial charge on any atom is -0.335 e. The molecule has 0 spiro atoms. The molecule has 1 N–H and O–H groups in total. The second kappa shape index (κ2) is 7.15. The fourth-order valence-electron chi connectivity index (χ4n) is 3.93. The standard InChI is InChI=1S/C16H26N6O3S/c23-16(22-8-1-2-14(22)12-20-11-7-17-19-20)18-13-5-9-21(10-6-13)26(24,25)15-3-4-15/h7,11,13-15H,1-6,8-10,12H2,(H,18,23)/t14-/m0/s1. The molecule has 4 rings (SSSR count). The molecule has 10 heteroatoms. The maximum absolute atomic E-state index is 12.7. The van der Waals surface area contributed by atoms with Crippen LogP contribution in [0.4, 0.5) is 4.79 Å². The van der Waals surface area contributed by atoms with E-state index in [0.29, 0.717) is 32.5 Å². The van der Waals surface area contributed by atoms with E-state index in [1.807, 2.05) is 11.1 Å². The van der Waals surface area contributed by atoms with Gasteiger partial charge in [0.2, 0.25) is 10.0 Å². The summed E-state index contributed by atoms with van der Waals surface area (Å²) in [6, 6.07) is 0.129. The number of carbonyl (C=O) groups excluding carboxylic acids is 1. The van der Waals surface area contributed by atoms with Gasteiger partial charge in [0.15, 0.2) is 0 Å². The molecular weight excluding hydrogens is 356 g/mol. The van der Waals surface area contributed by atoms with Gasteiger partial charge in [-0.3, -0.25) is 4.68 Å². The summed E-state index contributed by atoms with van der Waals surface area (Å²) in [5, 5.41) is 10.7. The van der Waals surface area contributed by atoms with Gasteiger partial charge in [0, 0.05) is 31.9 Å². The van der Waals surface area contributed by atoms with Crippen molar-refractivity contribution in [3.63, 3.8) is 0 Å². The molecule has 1 saturated carbocycles. The summed E-state index contributed by atoms with van der Waals surface area (Å²) in [4.78, 5) is 14.6. The number of nitrogens with zero attached hydrogens (tertiary/aromatic N) is 5. The van der Waals surface area contributed by atoms with Crippen LogP contribution in [0.3, 0.4) is 0 Å². The van der Waals surface area contributed by atoms with Gasteiger partial charge in [-0.05, 0) is 38.5 Å². The molecule has 1 aliphatic carbocycles. The smallest absolute Gasteiger partial charge is 0.317 e. The lowest BCUT2D eigenvalue weighted by molar-refractivity contribution is 0.176. The molecule has 3 fully saturated rings. The monoisotopic (exact) mass is 382 g/mol. The van der Waals surface area contributed by atoms with Gasteiger partial charge in [0.25, 0.3) is 0 Å².